The van der Waals surface area contributed by atoms with Crippen molar-refractivity contribution in [3.05, 3.63) is 60.1 Å². The molecule has 4 rings (SSSR count). The molecular weight excluding hydrogens is 406 g/mol. The highest BCUT2D eigenvalue weighted by molar-refractivity contribution is 5.94. The van der Waals surface area contributed by atoms with Crippen molar-refractivity contribution in [1.82, 2.24) is 15.5 Å². The summed E-state index contributed by atoms with van der Waals surface area (Å²) in [5.74, 6) is 0.170. The molecule has 1 atom stereocenters. The Morgan fingerprint density at radius 1 is 1.12 bits per heavy atom. The molecule has 3 amide bonds. The Labute approximate surface area is 188 Å². The predicted molar refractivity (Wildman–Crippen MR) is 120 cm³/mol. The van der Waals surface area contributed by atoms with E-state index < -0.39 is 0 Å². The Morgan fingerprint density at radius 2 is 1.94 bits per heavy atom. The summed E-state index contributed by atoms with van der Waals surface area (Å²) < 4.78 is 5.04. The molecule has 0 bridgehead atoms. The average Bonchev–Trinajstić information content (AvgIpc) is 3.45. The maximum Gasteiger partial charge on any atom is 0.257 e. The van der Waals surface area contributed by atoms with E-state index >= 15 is 0 Å². The van der Waals surface area contributed by atoms with Gasteiger partial charge in [-0.25, -0.2) is 0 Å². The Bertz CT molecular complexity index is 922. The lowest BCUT2D eigenvalue weighted by atomic mass is 9.94. The second kappa shape index (κ2) is 10.0. The van der Waals surface area contributed by atoms with Crippen LogP contribution < -0.4 is 10.6 Å². The SMILES string of the molecule is O=C1CCN(C(=O)c2ccoc2)CCCC(CNC(=O)C2(c3ccccc3)CC2)CCN1. The van der Waals surface area contributed by atoms with Crippen LogP contribution in [0.3, 0.4) is 0 Å². The van der Waals surface area contributed by atoms with Crippen molar-refractivity contribution in [3.8, 4) is 0 Å². The van der Waals surface area contributed by atoms with E-state index in [1.54, 1.807) is 11.0 Å². The first-order valence-corrected chi connectivity index (χ1v) is 11.5. The highest BCUT2D eigenvalue weighted by atomic mass is 16.3. The molecule has 7 nitrogen and oxygen atoms in total. The van der Waals surface area contributed by atoms with Crippen LogP contribution in [-0.2, 0) is 15.0 Å². The van der Waals surface area contributed by atoms with Crippen LogP contribution in [0.4, 0.5) is 0 Å². The van der Waals surface area contributed by atoms with Gasteiger partial charge in [0.05, 0.1) is 17.2 Å². The van der Waals surface area contributed by atoms with Gasteiger partial charge >= 0.3 is 0 Å². The average molecular weight is 438 g/mol. The van der Waals surface area contributed by atoms with Crippen molar-refractivity contribution in [2.24, 2.45) is 5.92 Å². The number of amides is 3. The second-order valence-electron chi connectivity index (χ2n) is 8.86. The van der Waals surface area contributed by atoms with Crippen LogP contribution in [0.25, 0.3) is 0 Å². The number of carbonyl (C=O) groups is 3. The van der Waals surface area contributed by atoms with E-state index in [9.17, 15) is 14.4 Å². The fourth-order valence-electron chi connectivity index (χ4n) is 4.48. The number of nitrogens with one attached hydrogen (secondary N) is 2. The Hall–Kier alpha value is -3.09. The van der Waals surface area contributed by atoms with E-state index in [1.807, 2.05) is 30.3 Å². The molecule has 1 aromatic carbocycles. The summed E-state index contributed by atoms with van der Waals surface area (Å²) in [5.41, 5.74) is 1.21. The first-order chi connectivity index (χ1) is 15.6. The summed E-state index contributed by atoms with van der Waals surface area (Å²) in [7, 11) is 0. The summed E-state index contributed by atoms with van der Waals surface area (Å²) in [4.78, 5) is 39.6. The van der Waals surface area contributed by atoms with Gasteiger partial charge in [0.1, 0.15) is 6.26 Å². The van der Waals surface area contributed by atoms with Gasteiger partial charge in [-0.2, -0.15) is 0 Å². The normalized spacial score (nSPS) is 21.2. The van der Waals surface area contributed by atoms with Crippen molar-refractivity contribution in [2.45, 2.75) is 43.9 Å². The third-order valence-corrected chi connectivity index (χ3v) is 6.64. The van der Waals surface area contributed by atoms with E-state index in [4.69, 9.17) is 4.42 Å². The third-order valence-electron chi connectivity index (χ3n) is 6.64. The fourth-order valence-corrected chi connectivity index (χ4v) is 4.48. The van der Waals surface area contributed by atoms with E-state index in [0.717, 1.165) is 37.7 Å². The number of furan rings is 1. The lowest BCUT2D eigenvalue weighted by molar-refractivity contribution is -0.124. The molecule has 1 saturated carbocycles. The van der Waals surface area contributed by atoms with Crippen LogP contribution >= 0.6 is 0 Å². The topological polar surface area (TPSA) is 91.7 Å². The Balaban J connectivity index is 1.34. The molecule has 1 aliphatic carbocycles. The predicted octanol–water partition coefficient (Wildman–Crippen LogP) is 2.88. The minimum Gasteiger partial charge on any atom is -0.472 e. The fraction of sp³-hybridized carbons (Fsp3) is 0.480. The molecule has 7 heteroatoms. The van der Waals surface area contributed by atoms with Crippen molar-refractivity contribution in [2.75, 3.05) is 26.2 Å². The first-order valence-electron chi connectivity index (χ1n) is 11.5. The van der Waals surface area contributed by atoms with Gasteiger partial charge in [0.2, 0.25) is 11.8 Å². The number of carbonyl (C=O) groups excluding carboxylic acids is 3. The molecule has 1 aliphatic heterocycles. The van der Waals surface area contributed by atoms with Crippen molar-refractivity contribution in [3.63, 3.8) is 0 Å². The van der Waals surface area contributed by atoms with Crippen molar-refractivity contribution in [1.29, 1.82) is 0 Å². The van der Waals surface area contributed by atoms with Gasteiger partial charge in [0.15, 0.2) is 0 Å². The zero-order valence-electron chi connectivity index (χ0n) is 18.3. The third kappa shape index (κ3) is 5.21. The molecule has 0 radical (unpaired) electrons. The Morgan fingerprint density at radius 3 is 2.66 bits per heavy atom. The van der Waals surface area contributed by atoms with Crippen molar-refractivity contribution >= 4 is 17.7 Å². The van der Waals surface area contributed by atoms with Gasteiger partial charge in [-0.3, -0.25) is 14.4 Å². The van der Waals surface area contributed by atoms with E-state index in [-0.39, 0.29) is 35.5 Å². The number of nitrogens with zero attached hydrogens (tertiary/aromatic N) is 1. The molecule has 1 saturated heterocycles. The van der Waals surface area contributed by atoms with Gasteiger partial charge in [0, 0.05) is 32.6 Å². The number of hydrogen-bond donors (Lipinski definition) is 2. The smallest absolute Gasteiger partial charge is 0.257 e. The number of rotatable bonds is 5. The second-order valence-corrected chi connectivity index (χ2v) is 8.86. The molecule has 1 aromatic heterocycles. The van der Waals surface area contributed by atoms with Crippen LogP contribution in [0, 0.1) is 5.92 Å². The van der Waals surface area contributed by atoms with Crippen LogP contribution in [0.15, 0.2) is 53.3 Å². The van der Waals surface area contributed by atoms with Gasteiger partial charge in [-0.1, -0.05) is 30.3 Å². The summed E-state index contributed by atoms with van der Waals surface area (Å²) in [6, 6.07) is 11.6. The molecule has 0 spiro atoms. The van der Waals surface area contributed by atoms with Crippen LogP contribution in [0.1, 0.15) is 54.4 Å². The summed E-state index contributed by atoms with van der Waals surface area (Å²) in [6.07, 6.45) is 7.47. The summed E-state index contributed by atoms with van der Waals surface area (Å²) in [5, 5.41) is 6.13. The lowest BCUT2D eigenvalue weighted by Gasteiger charge is -2.23. The van der Waals surface area contributed by atoms with E-state index in [2.05, 4.69) is 10.6 Å². The molecule has 1 unspecified atom stereocenters. The highest BCUT2D eigenvalue weighted by Crippen LogP contribution is 2.48. The van der Waals surface area contributed by atoms with Gasteiger partial charge < -0.3 is 20.0 Å². The summed E-state index contributed by atoms with van der Waals surface area (Å²) >= 11 is 0. The number of hydrogen-bond acceptors (Lipinski definition) is 4. The first kappa shape index (κ1) is 22.1. The lowest BCUT2D eigenvalue weighted by Crippen LogP contribution is -2.38. The zero-order valence-corrected chi connectivity index (χ0v) is 18.3. The number of benzene rings is 1. The maximum absolute atomic E-state index is 13.0. The quantitative estimate of drug-likeness (QED) is 0.752. The van der Waals surface area contributed by atoms with E-state index in [1.165, 1.54) is 12.5 Å². The zero-order chi connectivity index (χ0) is 22.4. The van der Waals surface area contributed by atoms with Gasteiger partial charge in [-0.05, 0) is 49.7 Å². The highest BCUT2D eigenvalue weighted by Gasteiger charge is 2.51. The molecule has 2 heterocycles. The van der Waals surface area contributed by atoms with Gasteiger partial charge in [-0.15, -0.1) is 0 Å². The maximum atomic E-state index is 13.0. The molecule has 2 aliphatic rings. The minimum absolute atomic E-state index is 0.0549. The molecule has 32 heavy (non-hydrogen) atoms. The van der Waals surface area contributed by atoms with Crippen LogP contribution in [-0.4, -0.2) is 48.8 Å². The molecule has 2 aromatic rings. The molecule has 170 valence electrons. The Kier molecular flexibility index (Phi) is 6.93. The monoisotopic (exact) mass is 437 g/mol. The van der Waals surface area contributed by atoms with Gasteiger partial charge in [0.25, 0.3) is 5.91 Å². The summed E-state index contributed by atoms with van der Waals surface area (Å²) in [6.45, 7) is 2.13. The van der Waals surface area contributed by atoms with Crippen LogP contribution in [0.5, 0.6) is 0 Å². The van der Waals surface area contributed by atoms with Crippen molar-refractivity contribution < 1.29 is 18.8 Å². The van der Waals surface area contributed by atoms with Crippen LogP contribution in [0.2, 0.25) is 0 Å². The largest absolute Gasteiger partial charge is 0.472 e. The standard InChI is InChI=1S/C25H31N3O4/c29-22-9-15-28(23(30)20-10-16-32-18-20)14-4-5-19(8-13-26-22)17-27-24(31)25(11-12-25)21-6-2-1-3-7-21/h1-3,6-7,10,16,18-19H,4-5,8-9,11-15,17H2,(H,26,29)(H,27,31). The molecule has 2 N–H and O–H groups in total. The molecule has 2 fully saturated rings. The van der Waals surface area contributed by atoms with E-state index in [0.29, 0.717) is 31.7 Å². The minimum atomic E-state index is -0.378. The molecular formula is C25H31N3O4.